The monoisotopic (exact) mass is 531 g/mol. The predicted octanol–water partition coefficient (Wildman–Crippen LogP) is 5.42. The second kappa shape index (κ2) is 10.8. The predicted molar refractivity (Wildman–Crippen MR) is 141 cm³/mol. The number of methoxy groups -OCH3 is 1. The molecule has 39 heavy (non-hydrogen) atoms. The van der Waals surface area contributed by atoms with Gasteiger partial charge in [0, 0.05) is 25.0 Å². The Bertz CT molecular complexity index is 1330. The maximum absolute atomic E-state index is 14.8. The molecule has 0 spiro atoms. The van der Waals surface area contributed by atoms with E-state index in [1.54, 1.807) is 11.0 Å². The highest BCUT2D eigenvalue weighted by Crippen LogP contribution is 2.45. The summed E-state index contributed by atoms with van der Waals surface area (Å²) in [6, 6.07) is 20.0. The average molecular weight is 532 g/mol. The van der Waals surface area contributed by atoms with Crippen molar-refractivity contribution >= 4 is 11.9 Å². The van der Waals surface area contributed by atoms with Gasteiger partial charge in [-0.2, -0.15) is 0 Å². The number of nitrogens with zero attached hydrogens (tertiary/aromatic N) is 1. The standard InChI is InChI=1S/C31H30FNO6/c1-36-18-39-22-10-11-27(29(32)14-22)30(34)19-12-20-15-37-16-21(13-19)33(20)31(35)38-17-28-25-8-4-2-6-23(25)24-7-3-5-9-26(24)28/h2-11,14,19-21,28H,12-13,15-18H2,1H3. The van der Waals surface area contributed by atoms with Crippen LogP contribution in [-0.2, 0) is 14.2 Å². The summed E-state index contributed by atoms with van der Waals surface area (Å²) < 4.78 is 36.6. The number of fused-ring (bicyclic) bond motifs is 5. The van der Waals surface area contributed by atoms with E-state index in [1.165, 1.54) is 30.4 Å². The summed E-state index contributed by atoms with van der Waals surface area (Å²) in [6.45, 7) is 0.854. The number of ether oxygens (including phenoxy) is 4. The van der Waals surface area contributed by atoms with Gasteiger partial charge in [0.25, 0.3) is 0 Å². The first-order chi connectivity index (χ1) is 19.0. The third kappa shape index (κ3) is 4.79. The van der Waals surface area contributed by atoms with Crippen LogP contribution in [0.3, 0.4) is 0 Å². The quantitative estimate of drug-likeness (QED) is 0.300. The number of ketones is 1. The number of carbonyl (C=O) groups excluding carboxylic acids is 2. The molecule has 7 nitrogen and oxygen atoms in total. The first-order valence-corrected chi connectivity index (χ1v) is 13.2. The maximum atomic E-state index is 14.8. The molecule has 0 radical (unpaired) electrons. The van der Waals surface area contributed by atoms with E-state index in [-0.39, 0.29) is 42.7 Å². The van der Waals surface area contributed by atoms with Crippen molar-refractivity contribution in [2.75, 3.05) is 33.7 Å². The zero-order valence-electron chi connectivity index (χ0n) is 21.7. The van der Waals surface area contributed by atoms with Gasteiger partial charge in [-0.25, -0.2) is 9.18 Å². The number of benzene rings is 3. The van der Waals surface area contributed by atoms with Crippen LogP contribution in [0.15, 0.2) is 66.7 Å². The van der Waals surface area contributed by atoms with Crippen LogP contribution in [-0.4, -0.2) is 62.6 Å². The molecular formula is C31H30FNO6. The van der Waals surface area contributed by atoms with Crippen LogP contribution >= 0.6 is 0 Å². The summed E-state index contributed by atoms with van der Waals surface area (Å²) in [6.07, 6.45) is 0.383. The minimum absolute atomic E-state index is 0.00950. The summed E-state index contributed by atoms with van der Waals surface area (Å²) in [7, 11) is 1.48. The molecule has 1 amide bonds. The van der Waals surface area contributed by atoms with Gasteiger partial charge in [-0.1, -0.05) is 48.5 Å². The fraction of sp³-hybridized carbons (Fsp3) is 0.355. The van der Waals surface area contributed by atoms with Crippen molar-refractivity contribution in [1.29, 1.82) is 0 Å². The molecule has 2 bridgehead atoms. The highest BCUT2D eigenvalue weighted by molar-refractivity contribution is 5.98. The summed E-state index contributed by atoms with van der Waals surface area (Å²) in [5, 5.41) is 0. The Morgan fingerprint density at radius 1 is 0.949 bits per heavy atom. The fourth-order valence-electron chi connectivity index (χ4n) is 6.23. The van der Waals surface area contributed by atoms with Gasteiger partial charge in [0.2, 0.25) is 0 Å². The molecule has 6 rings (SSSR count). The molecule has 8 heteroatoms. The Morgan fingerprint density at radius 3 is 2.21 bits per heavy atom. The molecule has 2 fully saturated rings. The number of carbonyl (C=O) groups is 2. The maximum Gasteiger partial charge on any atom is 0.410 e. The van der Waals surface area contributed by atoms with Crippen molar-refractivity contribution in [1.82, 2.24) is 4.90 Å². The normalized spacial score (nSPS) is 21.7. The van der Waals surface area contributed by atoms with Crippen molar-refractivity contribution in [2.24, 2.45) is 5.92 Å². The van der Waals surface area contributed by atoms with Crippen LogP contribution in [0, 0.1) is 11.7 Å². The third-order valence-corrected chi connectivity index (χ3v) is 7.99. The Balaban J connectivity index is 1.14. The molecule has 3 aliphatic rings. The van der Waals surface area contributed by atoms with Gasteiger partial charge in [-0.3, -0.25) is 9.69 Å². The molecule has 2 aliphatic heterocycles. The zero-order chi connectivity index (χ0) is 26.9. The van der Waals surface area contributed by atoms with E-state index in [9.17, 15) is 14.0 Å². The third-order valence-electron chi connectivity index (χ3n) is 7.99. The minimum Gasteiger partial charge on any atom is -0.467 e. The molecule has 2 atom stereocenters. The molecule has 0 saturated carbocycles. The van der Waals surface area contributed by atoms with Crippen LogP contribution in [0.2, 0.25) is 0 Å². The van der Waals surface area contributed by atoms with Crippen LogP contribution in [0.4, 0.5) is 9.18 Å². The van der Waals surface area contributed by atoms with E-state index in [2.05, 4.69) is 24.3 Å². The van der Waals surface area contributed by atoms with E-state index < -0.39 is 17.8 Å². The topological polar surface area (TPSA) is 74.3 Å². The second-order valence-electron chi connectivity index (χ2n) is 10.3. The number of amides is 1. The van der Waals surface area contributed by atoms with E-state index >= 15 is 0 Å². The van der Waals surface area contributed by atoms with Gasteiger partial charge in [-0.05, 0) is 47.2 Å². The molecule has 2 saturated heterocycles. The van der Waals surface area contributed by atoms with Crippen LogP contribution in [0.25, 0.3) is 11.1 Å². The van der Waals surface area contributed by atoms with Gasteiger partial charge in [-0.15, -0.1) is 0 Å². The largest absolute Gasteiger partial charge is 0.467 e. The van der Waals surface area contributed by atoms with E-state index in [4.69, 9.17) is 18.9 Å². The molecule has 3 aromatic rings. The molecular weight excluding hydrogens is 501 g/mol. The van der Waals surface area contributed by atoms with Gasteiger partial charge in [0.05, 0.1) is 30.9 Å². The van der Waals surface area contributed by atoms with Crippen molar-refractivity contribution in [3.05, 3.63) is 89.2 Å². The minimum atomic E-state index is -0.631. The van der Waals surface area contributed by atoms with Crippen LogP contribution in [0.1, 0.15) is 40.2 Å². The molecule has 3 aromatic carbocycles. The summed E-state index contributed by atoms with van der Waals surface area (Å²) in [5.41, 5.74) is 4.67. The van der Waals surface area contributed by atoms with Crippen molar-refractivity contribution in [3.63, 3.8) is 0 Å². The number of Topliss-reactive ketones (excluding diaryl/α,β-unsaturated/α-hetero) is 1. The van der Waals surface area contributed by atoms with E-state index in [0.29, 0.717) is 31.8 Å². The number of rotatable bonds is 7. The van der Waals surface area contributed by atoms with Gasteiger partial charge in [0.1, 0.15) is 18.2 Å². The molecule has 2 heterocycles. The van der Waals surface area contributed by atoms with E-state index in [1.807, 2.05) is 24.3 Å². The van der Waals surface area contributed by atoms with Crippen molar-refractivity contribution < 1.29 is 32.9 Å². The molecule has 0 N–H and O–H groups in total. The SMILES string of the molecule is COCOc1ccc(C(=O)C2CC3COCC(C2)N3C(=O)OCC2c3ccccc3-c3ccccc32)c(F)c1. The Morgan fingerprint density at radius 2 is 1.59 bits per heavy atom. The van der Waals surface area contributed by atoms with Crippen molar-refractivity contribution in [2.45, 2.75) is 30.8 Å². The van der Waals surface area contributed by atoms with Crippen LogP contribution < -0.4 is 4.74 Å². The fourth-order valence-corrected chi connectivity index (χ4v) is 6.23. The number of morpholine rings is 1. The molecule has 2 unspecified atom stereocenters. The lowest BCUT2D eigenvalue weighted by atomic mass is 9.80. The lowest BCUT2D eigenvalue weighted by molar-refractivity contribution is -0.0748. The molecule has 0 aromatic heterocycles. The summed E-state index contributed by atoms with van der Waals surface area (Å²) >= 11 is 0. The molecule has 202 valence electrons. The van der Waals surface area contributed by atoms with Gasteiger partial charge in [0.15, 0.2) is 12.6 Å². The number of piperidine rings is 1. The first-order valence-electron chi connectivity index (χ1n) is 13.2. The Labute approximate surface area is 226 Å². The lowest BCUT2D eigenvalue weighted by Gasteiger charge is -2.47. The molecule has 1 aliphatic carbocycles. The summed E-state index contributed by atoms with van der Waals surface area (Å²) in [5.74, 6) is -1.05. The van der Waals surface area contributed by atoms with Gasteiger partial charge >= 0.3 is 6.09 Å². The summed E-state index contributed by atoms with van der Waals surface area (Å²) in [4.78, 5) is 28.4. The smallest absolute Gasteiger partial charge is 0.410 e. The van der Waals surface area contributed by atoms with E-state index in [0.717, 1.165) is 11.1 Å². The average Bonchev–Trinajstić information content (AvgIpc) is 3.27. The lowest BCUT2D eigenvalue weighted by Crippen LogP contribution is -2.60. The highest BCUT2D eigenvalue weighted by atomic mass is 19.1. The Hall–Kier alpha value is -3.75. The zero-order valence-corrected chi connectivity index (χ0v) is 21.7. The second-order valence-corrected chi connectivity index (χ2v) is 10.3. The van der Waals surface area contributed by atoms with Gasteiger partial charge < -0.3 is 18.9 Å². The first kappa shape index (κ1) is 25.5. The highest BCUT2D eigenvalue weighted by Gasteiger charge is 2.45. The van der Waals surface area contributed by atoms with Crippen molar-refractivity contribution in [3.8, 4) is 16.9 Å². The number of halogens is 1. The number of hydrogen-bond acceptors (Lipinski definition) is 6. The Kier molecular flexibility index (Phi) is 7.06. The number of hydrogen-bond donors (Lipinski definition) is 0. The van der Waals surface area contributed by atoms with Crippen LogP contribution in [0.5, 0.6) is 5.75 Å².